The minimum Gasteiger partial charge on any atom is -0.326 e. The predicted molar refractivity (Wildman–Crippen MR) is 79.3 cm³/mol. The Kier molecular flexibility index (Phi) is 3.31. The molecule has 1 aliphatic rings. The van der Waals surface area contributed by atoms with E-state index in [1.807, 2.05) is 0 Å². The second-order valence-electron chi connectivity index (χ2n) is 5.95. The highest BCUT2D eigenvalue weighted by molar-refractivity contribution is 5.77. The molecular formula is C16H23N3. The first-order valence-corrected chi connectivity index (χ1v) is 7.36. The molecule has 2 aromatic rings. The fraction of sp³-hybridized carbons (Fsp3) is 0.562. The number of rotatable bonds is 4. The van der Waals surface area contributed by atoms with E-state index in [1.54, 1.807) is 0 Å². The Hall–Kier alpha value is -1.35. The number of fused-ring (bicyclic) bond motifs is 1. The molecule has 1 aromatic heterocycles. The van der Waals surface area contributed by atoms with Gasteiger partial charge in [0.25, 0.3) is 0 Å². The SMILES string of the molecule is Cc1nc2cc(CNC3CCC3)ccc2n1C(C)C. The molecule has 1 heterocycles. The van der Waals surface area contributed by atoms with Gasteiger partial charge in [-0.25, -0.2) is 4.98 Å². The molecule has 3 nitrogen and oxygen atoms in total. The molecule has 1 aromatic carbocycles. The van der Waals surface area contributed by atoms with Gasteiger partial charge >= 0.3 is 0 Å². The molecule has 0 bridgehead atoms. The average Bonchev–Trinajstić information content (AvgIpc) is 2.62. The van der Waals surface area contributed by atoms with E-state index >= 15 is 0 Å². The topological polar surface area (TPSA) is 29.9 Å². The van der Waals surface area contributed by atoms with Crippen molar-refractivity contribution in [2.75, 3.05) is 0 Å². The summed E-state index contributed by atoms with van der Waals surface area (Å²) in [5.41, 5.74) is 3.71. The van der Waals surface area contributed by atoms with Gasteiger partial charge in [-0.05, 0) is 51.3 Å². The first kappa shape index (κ1) is 12.7. The molecule has 19 heavy (non-hydrogen) atoms. The summed E-state index contributed by atoms with van der Waals surface area (Å²) in [7, 11) is 0. The number of nitrogens with zero attached hydrogens (tertiary/aromatic N) is 2. The maximum Gasteiger partial charge on any atom is 0.106 e. The summed E-state index contributed by atoms with van der Waals surface area (Å²) in [4.78, 5) is 4.69. The van der Waals surface area contributed by atoms with Crippen LogP contribution in [0.2, 0.25) is 0 Å². The predicted octanol–water partition coefficient (Wildman–Crippen LogP) is 3.57. The molecule has 1 fully saturated rings. The van der Waals surface area contributed by atoms with Crippen molar-refractivity contribution in [1.29, 1.82) is 0 Å². The Morgan fingerprint density at radius 2 is 2.16 bits per heavy atom. The number of imidazole rings is 1. The van der Waals surface area contributed by atoms with Crippen molar-refractivity contribution in [3.8, 4) is 0 Å². The Labute approximate surface area is 115 Å². The van der Waals surface area contributed by atoms with Gasteiger partial charge in [0.05, 0.1) is 11.0 Å². The molecule has 0 unspecified atom stereocenters. The summed E-state index contributed by atoms with van der Waals surface area (Å²) in [6, 6.07) is 7.88. The summed E-state index contributed by atoms with van der Waals surface area (Å²) in [6.07, 6.45) is 4.06. The highest BCUT2D eigenvalue weighted by Gasteiger charge is 2.16. The zero-order valence-corrected chi connectivity index (χ0v) is 12.1. The van der Waals surface area contributed by atoms with Crippen LogP contribution in [0.5, 0.6) is 0 Å². The van der Waals surface area contributed by atoms with Crippen molar-refractivity contribution in [2.24, 2.45) is 0 Å². The van der Waals surface area contributed by atoms with E-state index < -0.39 is 0 Å². The molecule has 1 aliphatic carbocycles. The Morgan fingerprint density at radius 1 is 1.37 bits per heavy atom. The molecule has 0 radical (unpaired) electrons. The molecule has 1 saturated carbocycles. The van der Waals surface area contributed by atoms with Crippen molar-refractivity contribution in [3.05, 3.63) is 29.6 Å². The van der Waals surface area contributed by atoms with Crippen LogP contribution in [0.25, 0.3) is 11.0 Å². The van der Waals surface area contributed by atoms with Crippen LogP contribution >= 0.6 is 0 Å². The third-order valence-corrected chi connectivity index (χ3v) is 4.15. The Balaban J connectivity index is 1.84. The normalized spacial score (nSPS) is 16.2. The van der Waals surface area contributed by atoms with Crippen LogP contribution in [0.15, 0.2) is 18.2 Å². The van der Waals surface area contributed by atoms with Crippen LogP contribution in [-0.4, -0.2) is 15.6 Å². The van der Waals surface area contributed by atoms with Crippen molar-refractivity contribution in [1.82, 2.24) is 14.9 Å². The molecule has 1 N–H and O–H groups in total. The highest BCUT2D eigenvalue weighted by Crippen LogP contribution is 2.23. The lowest BCUT2D eigenvalue weighted by Gasteiger charge is -2.26. The van der Waals surface area contributed by atoms with E-state index in [-0.39, 0.29) is 0 Å². The Bertz CT molecular complexity index is 579. The van der Waals surface area contributed by atoms with Gasteiger partial charge < -0.3 is 9.88 Å². The lowest BCUT2D eigenvalue weighted by molar-refractivity contribution is 0.338. The maximum atomic E-state index is 4.69. The quantitative estimate of drug-likeness (QED) is 0.907. The molecule has 0 aliphatic heterocycles. The van der Waals surface area contributed by atoms with E-state index in [9.17, 15) is 0 Å². The van der Waals surface area contributed by atoms with Gasteiger partial charge in [0, 0.05) is 18.6 Å². The molecule has 3 rings (SSSR count). The fourth-order valence-electron chi connectivity index (χ4n) is 2.90. The van der Waals surface area contributed by atoms with E-state index in [4.69, 9.17) is 4.98 Å². The van der Waals surface area contributed by atoms with Gasteiger partial charge in [0.1, 0.15) is 5.82 Å². The number of hydrogen-bond acceptors (Lipinski definition) is 2. The average molecular weight is 257 g/mol. The molecule has 0 amide bonds. The molecule has 3 heteroatoms. The number of nitrogens with one attached hydrogen (secondary N) is 1. The minimum atomic E-state index is 0.462. The van der Waals surface area contributed by atoms with Gasteiger partial charge in [0.15, 0.2) is 0 Å². The van der Waals surface area contributed by atoms with Gasteiger partial charge in [-0.15, -0.1) is 0 Å². The molecule has 0 saturated heterocycles. The first-order valence-electron chi connectivity index (χ1n) is 7.36. The smallest absolute Gasteiger partial charge is 0.106 e. The van der Waals surface area contributed by atoms with Gasteiger partial charge in [0.2, 0.25) is 0 Å². The minimum absolute atomic E-state index is 0.462. The largest absolute Gasteiger partial charge is 0.326 e. The van der Waals surface area contributed by atoms with Crippen LogP contribution < -0.4 is 5.32 Å². The number of benzene rings is 1. The summed E-state index contributed by atoms with van der Waals surface area (Å²) in [6.45, 7) is 7.47. The molecular weight excluding hydrogens is 234 g/mol. The lowest BCUT2D eigenvalue weighted by Crippen LogP contribution is -2.34. The van der Waals surface area contributed by atoms with Gasteiger partial charge in [-0.1, -0.05) is 12.5 Å². The van der Waals surface area contributed by atoms with E-state index in [1.165, 1.54) is 30.3 Å². The fourth-order valence-corrected chi connectivity index (χ4v) is 2.90. The standard InChI is InChI=1S/C16H23N3/c1-11(2)19-12(3)18-15-9-13(7-8-16(15)19)10-17-14-5-4-6-14/h7-9,11,14,17H,4-6,10H2,1-3H3. The van der Waals surface area contributed by atoms with Gasteiger partial charge in [-0.3, -0.25) is 0 Å². The zero-order chi connectivity index (χ0) is 13.4. The highest BCUT2D eigenvalue weighted by atomic mass is 15.1. The monoisotopic (exact) mass is 257 g/mol. The van der Waals surface area contributed by atoms with E-state index in [2.05, 4.69) is 48.9 Å². The molecule has 0 spiro atoms. The summed E-state index contributed by atoms with van der Waals surface area (Å²) in [5, 5.41) is 3.61. The third-order valence-electron chi connectivity index (χ3n) is 4.15. The summed E-state index contributed by atoms with van der Waals surface area (Å²) >= 11 is 0. The Morgan fingerprint density at radius 3 is 2.79 bits per heavy atom. The molecule has 102 valence electrons. The first-order chi connectivity index (χ1) is 9.15. The number of aryl methyl sites for hydroxylation is 1. The second-order valence-corrected chi connectivity index (χ2v) is 5.95. The third kappa shape index (κ3) is 2.39. The van der Waals surface area contributed by atoms with E-state index in [0.717, 1.165) is 23.9 Å². The number of hydrogen-bond donors (Lipinski definition) is 1. The van der Waals surface area contributed by atoms with Crippen LogP contribution in [0.4, 0.5) is 0 Å². The van der Waals surface area contributed by atoms with Gasteiger partial charge in [-0.2, -0.15) is 0 Å². The van der Waals surface area contributed by atoms with Crippen molar-refractivity contribution in [3.63, 3.8) is 0 Å². The van der Waals surface area contributed by atoms with Crippen LogP contribution in [-0.2, 0) is 6.54 Å². The number of aromatic nitrogens is 2. The van der Waals surface area contributed by atoms with Crippen LogP contribution in [0.3, 0.4) is 0 Å². The van der Waals surface area contributed by atoms with E-state index in [0.29, 0.717) is 6.04 Å². The van der Waals surface area contributed by atoms with Crippen LogP contribution in [0, 0.1) is 6.92 Å². The summed E-state index contributed by atoms with van der Waals surface area (Å²) in [5.74, 6) is 1.11. The lowest BCUT2D eigenvalue weighted by atomic mass is 9.93. The summed E-state index contributed by atoms with van der Waals surface area (Å²) < 4.78 is 2.30. The van der Waals surface area contributed by atoms with Crippen LogP contribution in [0.1, 0.15) is 50.5 Å². The maximum absolute atomic E-state index is 4.69. The van der Waals surface area contributed by atoms with Crippen molar-refractivity contribution >= 4 is 11.0 Å². The van der Waals surface area contributed by atoms with Crippen molar-refractivity contribution < 1.29 is 0 Å². The second kappa shape index (κ2) is 4.97. The molecule has 0 atom stereocenters. The zero-order valence-electron chi connectivity index (χ0n) is 12.1. The van der Waals surface area contributed by atoms with Crippen molar-refractivity contribution in [2.45, 2.75) is 58.7 Å².